The molecule has 1 saturated carbocycles. The molecule has 1 aliphatic carbocycles. The molecule has 2 unspecified atom stereocenters. The number of piperazine rings is 1. The van der Waals surface area contributed by atoms with Crippen LogP contribution in [0.2, 0.25) is 0 Å². The summed E-state index contributed by atoms with van der Waals surface area (Å²) in [6, 6.07) is 0.869. The molecule has 2 aliphatic rings. The highest BCUT2D eigenvalue weighted by molar-refractivity contribution is 4.85. The minimum Gasteiger partial charge on any atom is -0.330 e. The summed E-state index contributed by atoms with van der Waals surface area (Å²) in [5, 5.41) is 0. The fraction of sp³-hybridized carbons (Fsp3) is 1.00. The minimum absolute atomic E-state index is 0.853. The number of rotatable bonds is 6. The first-order chi connectivity index (χ1) is 9.69. The summed E-state index contributed by atoms with van der Waals surface area (Å²) < 4.78 is 0. The van der Waals surface area contributed by atoms with Crippen LogP contribution in [-0.4, -0.2) is 55.1 Å². The predicted molar refractivity (Wildman–Crippen MR) is 86.9 cm³/mol. The lowest BCUT2D eigenvalue weighted by Gasteiger charge is -2.43. The lowest BCUT2D eigenvalue weighted by molar-refractivity contribution is 0.0558. The molecule has 20 heavy (non-hydrogen) atoms. The molecule has 2 N–H and O–H groups in total. The number of nitrogens with two attached hydrogens (primary N) is 1. The Morgan fingerprint density at radius 2 is 1.50 bits per heavy atom. The van der Waals surface area contributed by atoms with E-state index < -0.39 is 0 Å². The third-order valence-electron chi connectivity index (χ3n) is 5.26. The Kier molecular flexibility index (Phi) is 6.79. The molecule has 0 radical (unpaired) electrons. The summed E-state index contributed by atoms with van der Waals surface area (Å²) in [7, 11) is 0. The molecule has 0 aromatic carbocycles. The highest BCUT2D eigenvalue weighted by Gasteiger charge is 2.30. The van der Waals surface area contributed by atoms with Crippen molar-refractivity contribution in [1.29, 1.82) is 0 Å². The van der Waals surface area contributed by atoms with E-state index in [0.717, 1.165) is 24.4 Å². The van der Waals surface area contributed by atoms with Gasteiger partial charge in [0.1, 0.15) is 0 Å². The van der Waals surface area contributed by atoms with E-state index in [9.17, 15) is 0 Å². The largest absolute Gasteiger partial charge is 0.330 e. The van der Waals surface area contributed by atoms with Crippen LogP contribution < -0.4 is 5.73 Å². The van der Waals surface area contributed by atoms with Crippen LogP contribution in [0.15, 0.2) is 0 Å². The Morgan fingerprint density at radius 3 is 2.10 bits per heavy atom. The van der Waals surface area contributed by atoms with Crippen molar-refractivity contribution in [2.75, 3.05) is 39.3 Å². The highest BCUT2D eigenvalue weighted by atomic mass is 15.3. The molecule has 1 aliphatic heterocycles. The van der Waals surface area contributed by atoms with Crippen molar-refractivity contribution in [2.24, 2.45) is 17.6 Å². The Bertz CT molecular complexity index is 251. The molecule has 2 fully saturated rings. The zero-order valence-corrected chi connectivity index (χ0v) is 13.7. The Hall–Kier alpha value is -0.120. The zero-order valence-electron chi connectivity index (χ0n) is 13.7. The molecule has 3 heteroatoms. The molecule has 118 valence electrons. The van der Waals surface area contributed by atoms with Crippen molar-refractivity contribution in [1.82, 2.24) is 9.80 Å². The highest BCUT2D eigenvalue weighted by Crippen LogP contribution is 2.31. The fourth-order valence-corrected chi connectivity index (χ4v) is 4.21. The fourth-order valence-electron chi connectivity index (χ4n) is 4.21. The Balaban J connectivity index is 1.66. The second-order valence-electron chi connectivity index (χ2n) is 7.30. The van der Waals surface area contributed by atoms with Crippen molar-refractivity contribution >= 4 is 0 Å². The summed E-state index contributed by atoms with van der Waals surface area (Å²) in [5.74, 6) is 1.86. The molecular formula is C17H35N3. The quantitative estimate of drug-likeness (QED) is 0.760. The molecule has 0 bridgehead atoms. The minimum atomic E-state index is 0.853. The Morgan fingerprint density at radius 1 is 0.850 bits per heavy atom. The molecule has 0 amide bonds. The second kappa shape index (κ2) is 8.35. The van der Waals surface area contributed by atoms with E-state index in [2.05, 4.69) is 23.6 Å². The standard InChI is InChI=1S/C17H35N3/c1-15-12-16(2)14-17(13-15)20-10-8-19(9-11-20)7-5-3-4-6-18/h15-17H,3-14,18H2,1-2H3. The molecule has 3 nitrogen and oxygen atoms in total. The van der Waals surface area contributed by atoms with Crippen LogP contribution in [0.1, 0.15) is 52.4 Å². The molecule has 0 aromatic rings. The van der Waals surface area contributed by atoms with Crippen LogP contribution in [-0.2, 0) is 0 Å². The molecule has 2 rings (SSSR count). The third-order valence-corrected chi connectivity index (χ3v) is 5.26. The van der Waals surface area contributed by atoms with E-state index in [0.29, 0.717) is 0 Å². The lowest BCUT2D eigenvalue weighted by Crippen LogP contribution is -2.52. The molecular weight excluding hydrogens is 246 g/mol. The smallest absolute Gasteiger partial charge is 0.0113 e. The summed E-state index contributed by atoms with van der Waals surface area (Å²) in [5.41, 5.74) is 5.55. The van der Waals surface area contributed by atoms with Crippen molar-refractivity contribution < 1.29 is 0 Å². The van der Waals surface area contributed by atoms with Crippen molar-refractivity contribution in [3.05, 3.63) is 0 Å². The van der Waals surface area contributed by atoms with Gasteiger partial charge >= 0.3 is 0 Å². The first-order valence-electron chi connectivity index (χ1n) is 8.85. The Labute approximate surface area is 125 Å². The summed E-state index contributed by atoms with van der Waals surface area (Å²) >= 11 is 0. The van der Waals surface area contributed by atoms with Gasteiger partial charge in [0, 0.05) is 32.2 Å². The van der Waals surface area contributed by atoms with Gasteiger partial charge in [0.25, 0.3) is 0 Å². The normalized spacial score (nSPS) is 33.5. The van der Waals surface area contributed by atoms with E-state index in [4.69, 9.17) is 5.73 Å². The SMILES string of the molecule is CC1CC(C)CC(N2CCN(CCCCCN)CC2)C1. The molecule has 1 saturated heterocycles. The number of hydrogen-bond donors (Lipinski definition) is 1. The lowest BCUT2D eigenvalue weighted by atomic mass is 9.79. The van der Waals surface area contributed by atoms with E-state index in [1.54, 1.807) is 0 Å². The van der Waals surface area contributed by atoms with Crippen LogP contribution in [0.5, 0.6) is 0 Å². The topological polar surface area (TPSA) is 32.5 Å². The van der Waals surface area contributed by atoms with E-state index in [-0.39, 0.29) is 0 Å². The number of unbranched alkanes of at least 4 members (excludes halogenated alkanes) is 2. The van der Waals surface area contributed by atoms with Crippen molar-refractivity contribution in [3.63, 3.8) is 0 Å². The maximum Gasteiger partial charge on any atom is 0.0113 e. The molecule has 0 aromatic heterocycles. The van der Waals surface area contributed by atoms with Gasteiger partial charge in [0.2, 0.25) is 0 Å². The van der Waals surface area contributed by atoms with Gasteiger partial charge in [0.15, 0.2) is 0 Å². The van der Waals surface area contributed by atoms with Gasteiger partial charge in [-0.05, 0) is 57.0 Å². The summed E-state index contributed by atoms with van der Waals surface area (Å²) in [6.45, 7) is 12.2. The van der Waals surface area contributed by atoms with E-state index in [1.165, 1.54) is 71.2 Å². The average molecular weight is 281 g/mol. The van der Waals surface area contributed by atoms with Crippen LogP contribution in [0.25, 0.3) is 0 Å². The second-order valence-corrected chi connectivity index (χ2v) is 7.30. The maximum absolute atomic E-state index is 5.55. The van der Waals surface area contributed by atoms with Crippen LogP contribution in [0.3, 0.4) is 0 Å². The van der Waals surface area contributed by atoms with Crippen LogP contribution in [0.4, 0.5) is 0 Å². The van der Waals surface area contributed by atoms with Gasteiger partial charge in [-0.1, -0.05) is 20.3 Å². The van der Waals surface area contributed by atoms with Gasteiger partial charge < -0.3 is 10.6 Å². The maximum atomic E-state index is 5.55. The monoisotopic (exact) mass is 281 g/mol. The van der Waals surface area contributed by atoms with Gasteiger partial charge in [0.05, 0.1) is 0 Å². The average Bonchev–Trinajstić information content (AvgIpc) is 2.43. The number of nitrogens with zero attached hydrogens (tertiary/aromatic N) is 2. The summed E-state index contributed by atoms with van der Waals surface area (Å²) in [6.07, 6.45) is 8.13. The van der Waals surface area contributed by atoms with Crippen LogP contribution in [0, 0.1) is 11.8 Å². The first-order valence-corrected chi connectivity index (χ1v) is 8.85. The predicted octanol–water partition coefficient (Wildman–Crippen LogP) is 2.56. The van der Waals surface area contributed by atoms with Gasteiger partial charge in [-0.2, -0.15) is 0 Å². The van der Waals surface area contributed by atoms with Crippen molar-refractivity contribution in [3.8, 4) is 0 Å². The number of hydrogen-bond acceptors (Lipinski definition) is 3. The first kappa shape index (κ1) is 16.3. The summed E-state index contributed by atoms with van der Waals surface area (Å²) in [4.78, 5) is 5.44. The molecule has 1 heterocycles. The zero-order chi connectivity index (χ0) is 14.4. The van der Waals surface area contributed by atoms with Gasteiger partial charge in [-0.15, -0.1) is 0 Å². The molecule has 0 spiro atoms. The third kappa shape index (κ3) is 5.01. The van der Waals surface area contributed by atoms with E-state index >= 15 is 0 Å². The van der Waals surface area contributed by atoms with Crippen LogP contribution >= 0.6 is 0 Å². The molecule has 2 atom stereocenters. The van der Waals surface area contributed by atoms with Gasteiger partial charge in [-0.3, -0.25) is 4.90 Å². The van der Waals surface area contributed by atoms with E-state index in [1.807, 2.05) is 0 Å². The van der Waals surface area contributed by atoms with Gasteiger partial charge in [-0.25, -0.2) is 0 Å². The van der Waals surface area contributed by atoms with Crippen molar-refractivity contribution in [2.45, 2.75) is 58.4 Å².